The third kappa shape index (κ3) is 5.36. The molecule has 8 heteroatoms. The molecule has 208 valence electrons. The molecule has 3 aromatic heterocycles. The summed E-state index contributed by atoms with van der Waals surface area (Å²) in [6.45, 7) is 0.243. The zero-order valence-corrected chi connectivity index (χ0v) is 24.8. The first kappa shape index (κ1) is 26.6. The highest BCUT2D eigenvalue weighted by atomic mass is 32.1. The average molecular weight is 608 g/mol. The molecule has 7 rings (SSSR count). The maximum Gasteiger partial charge on any atom is 0.408 e. The summed E-state index contributed by atoms with van der Waals surface area (Å²) in [7, 11) is 0. The van der Waals surface area contributed by atoms with Crippen LogP contribution in [0.2, 0.25) is 0 Å². The average Bonchev–Trinajstić information content (AvgIpc) is 3.75. The van der Waals surface area contributed by atoms with Crippen molar-refractivity contribution in [1.29, 1.82) is 0 Å². The van der Waals surface area contributed by atoms with Crippen molar-refractivity contribution < 1.29 is 19.1 Å². The number of hydrogen-bond acceptors (Lipinski definition) is 7. The molecule has 0 aliphatic heterocycles. The Balaban J connectivity index is 1.11. The summed E-state index contributed by atoms with van der Waals surface area (Å²) in [5.74, 6) is -0.501. The zero-order valence-electron chi connectivity index (χ0n) is 22.4. The summed E-state index contributed by atoms with van der Waals surface area (Å²) in [5, 5.41) is 9.88. The van der Waals surface area contributed by atoms with Gasteiger partial charge in [-0.05, 0) is 52.9 Å². The molecule has 0 aliphatic rings. The Morgan fingerprint density at radius 2 is 1.33 bits per heavy atom. The largest absolute Gasteiger partial charge is 0.458 e. The molecule has 1 atom stereocenters. The summed E-state index contributed by atoms with van der Waals surface area (Å²) in [6.07, 6.45) is -0.366. The number of ether oxygens (including phenoxy) is 2. The lowest BCUT2D eigenvalue weighted by molar-refractivity contribution is -0.147. The molecule has 0 radical (unpaired) electrons. The number of thiophene rings is 3. The van der Waals surface area contributed by atoms with Crippen molar-refractivity contribution in [2.45, 2.75) is 25.7 Å². The maximum atomic E-state index is 13.3. The van der Waals surface area contributed by atoms with Gasteiger partial charge in [-0.3, -0.25) is 0 Å². The molecule has 4 aromatic carbocycles. The third-order valence-electron chi connectivity index (χ3n) is 7.21. The molecular weight excluding hydrogens is 583 g/mol. The molecule has 0 aliphatic carbocycles. The van der Waals surface area contributed by atoms with Crippen molar-refractivity contribution in [3.05, 3.63) is 118 Å². The van der Waals surface area contributed by atoms with Gasteiger partial charge in [-0.25, -0.2) is 9.59 Å². The van der Waals surface area contributed by atoms with Crippen LogP contribution in [-0.2, 0) is 33.9 Å². The van der Waals surface area contributed by atoms with Crippen LogP contribution in [0.1, 0.15) is 16.0 Å². The van der Waals surface area contributed by atoms with E-state index < -0.39 is 18.1 Å². The Labute approximate surface area is 253 Å². The molecule has 5 nitrogen and oxygen atoms in total. The Morgan fingerprint density at radius 3 is 2.10 bits per heavy atom. The third-order valence-corrected chi connectivity index (χ3v) is 10.3. The Morgan fingerprint density at radius 1 is 0.667 bits per heavy atom. The van der Waals surface area contributed by atoms with Gasteiger partial charge in [0, 0.05) is 51.6 Å². The quantitative estimate of drug-likeness (QED) is 0.175. The van der Waals surface area contributed by atoms with E-state index in [2.05, 4.69) is 47.1 Å². The van der Waals surface area contributed by atoms with E-state index in [0.29, 0.717) is 6.42 Å². The fourth-order valence-corrected chi connectivity index (χ4v) is 8.15. The normalized spacial score (nSPS) is 12.2. The van der Waals surface area contributed by atoms with Crippen LogP contribution in [0.25, 0.3) is 40.3 Å². The van der Waals surface area contributed by atoms with Crippen LogP contribution < -0.4 is 5.32 Å². The summed E-state index contributed by atoms with van der Waals surface area (Å²) in [6, 6.07) is 31.2. The standard InChI is InChI=1S/C34H25NO4S3/c36-33(26(17-21-7-3-1-4-8-21)35-34(37)39-19-22-9-5-2-6-10-22)38-20-23-18-25-28(41-23)12-14-30-32(25)31-24-15-16-40-27(24)11-13-29(31)42-30/h1-16,18,26H,17,19-20H2,(H,35,37)/t26-/m1/s1. The first-order valence-corrected chi connectivity index (χ1v) is 16.1. The SMILES string of the molecule is O=C(N[C@H](Cc1ccccc1)C(=O)OCc1cc2c(ccc3sc4ccc5sccc5c4c32)s1)OCc1ccccc1. The number of carbonyl (C=O) groups excluding carboxylic acids is 2. The van der Waals surface area contributed by atoms with Gasteiger partial charge in [0.2, 0.25) is 0 Å². The smallest absolute Gasteiger partial charge is 0.408 e. The monoisotopic (exact) mass is 607 g/mol. The maximum absolute atomic E-state index is 13.3. The van der Waals surface area contributed by atoms with Crippen molar-refractivity contribution in [2.24, 2.45) is 0 Å². The van der Waals surface area contributed by atoms with Crippen LogP contribution in [-0.4, -0.2) is 18.1 Å². The Bertz CT molecular complexity index is 2040. The number of nitrogens with one attached hydrogen (secondary N) is 1. The predicted molar refractivity (Wildman–Crippen MR) is 174 cm³/mol. The van der Waals surface area contributed by atoms with Crippen molar-refractivity contribution in [3.8, 4) is 0 Å². The number of fused-ring (bicyclic) bond motifs is 7. The fourth-order valence-electron chi connectivity index (χ4n) is 5.24. The highest BCUT2D eigenvalue weighted by Gasteiger charge is 2.24. The van der Waals surface area contributed by atoms with E-state index in [0.717, 1.165) is 20.7 Å². The minimum absolute atomic E-state index is 0.116. The van der Waals surface area contributed by atoms with Crippen molar-refractivity contribution in [1.82, 2.24) is 5.32 Å². The van der Waals surface area contributed by atoms with Gasteiger partial charge in [-0.15, -0.1) is 34.0 Å². The first-order valence-electron chi connectivity index (χ1n) is 13.5. The molecule has 7 aromatic rings. The van der Waals surface area contributed by atoms with E-state index in [1.54, 1.807) is 22.7 Å². The molecule has 0 bridgehead atoms. The van der Waals surface area contributed by atoms with Crippen LogP contribution in [0.4, 0.5) is 4.79 Å². The van der Waals surface area contributed by atoms with Gasteiger partial charge in [0.1, 0.15) is 19.3 Å². The van der Waals surface area contributed by atoms with Crippen LogP contribution >= 0.6 is 34.0 Å². The van der Waals surface area contributed by atoms with Crippen LogP contribution in [0.5, 0.6) is 0 Å². The summed E-state index contributed by atoms with van der Waals surface area (Å²) >= 11 is 5.19. The minimum Gasteiger partial charge on any atom is -0.458 e. The van der Waals surface area contributed by atoms with E-state index in [4.69, 9.17) is 9.47 Å². The number of esters is 1. The number of alkyl carbamates (subject to hydrolysis) is 1. The summed E-state index contributed by atoms with van der Waals surface area (Å²) in [5.41, 5.74) is 1.78. The highest BCUT2D eigenvalue weighted by Crippen LogP contribution is 2.44. The summed E-state index contributed by atoms with van der Waals surface area (Å²) < 4.78 is 16.1. The lowest BCUT2D eigenvalue weighted by Crippen LogP contribution is -2.43. The second kappa shape index (κ2) is 11.6. The first-order chi connectivity index (χ1) is 20.6. The summed E-state index contributed by atoms with van der Waals surface area (Å²) in [4.78, 5) is 26.9. The van der Waals surface area contributed by atoms with E-state index in [1.165, 1.54) is 35.6 Å². The van der Waals surface area contributed by atoms with Gasteiger partial charge in [-0.2, -0.15) is 0 Å². The van der Waals surface area contributed by atoms with Crippen LogP contribution in [0.3, 0.4) is 0 Å². The van der Waals surface area contributed by atoms with E-state index in [1.807, 2.05) is 72.0 Å². The Kier molecular flexibility index (Phi) is 7.34. The number of benzene rings is 4. The van der Waals surface area contributed by atoms with E-state index in [9.17, 15) is 9.59 Å². The lowest BCUT2D eigenvalue weighted by Gasteiger charge is -2.17. The molecule has 42 heavy (non-hydrogen) atoms. The van der Waals surface area contributed by atoms with Gasteiger partial charge >= 0.3 is 12.1 Å². The second-order valence-corrected chi connectivity index (χ2v) is 13.2. The van der Waals surface area contributed by atoms with Crippen molar-refractivity contribution >= 4 is 86.4 Å². The van der Waals surface area contributed by atoms with Gasteiger partial charge in [0.25, 0.3) is 0 Å². The van der Waals surface area contributed by atoms with Crippen LogP contribution in [0, 0.1) is 0 Å². The number of rotatable bonds is 8. The zero-order chi connectivity index (χ0) is 28.5. The lowest BCUT2D eigenvalue weighted by atomic mass is 10.1. The highest BCUT2D eigenvalue weighted by molar-refractivity contribution is 7.27. The van der Waals surface area contributed by atoms with Gasteiger partial charge in [0.05, 0.1) is 0 Å². The number of carbonyl (C=O) groups is 2. The van der Waals surface area contributed by atoms with E-state index >= 15 is 0 Å². The molecular formula is C34H25NO4S3. The van der Waals surface area contributed by atoms with E-state index in [-0.39, 0.29) is 13.2 Å². The molecule has 1 N–H and O–H groups in total. The van der Waals surface area contributed by atoms with Crippen LogP contribution in [0.15, 0.2) is 102 Å². The molecule has 0 spiro atoms. The van der Waals surface area contributed by atoms with Gasteiger partial charge in [0.15, 0.2) is 0 Å². The predicted octanol–water partition coefficient (Wildman–Crippen LogP) is 9.06. The number of hydrogen-bond donors (Lipinski definition) is 1. The Hall–Kier alpha value is -4.24. The van der Waals surface area contributed by atoms with Crippen molar-refractivity contribution in [3.63, 3.8) is 0 Å². The number of amides is 1. The fraction of sp³-hybridized carbons (Fsp3) is 0.118. The topological polar surface area (TPSA) is 64.6 Å². The van der Waals surface area contributed by atoms with Gasteiger partial charge in [-0.1, -0.05) is 60.7 Å². The molecule has 3 heterocycles. The molecule has 1 amide bonds. The van der Waals surface area contributed by atoms with Gasteiger partial charge < -0.3 is 14.8 Å². The molecule has 0 fully saturated rings. The minimum atomic E-state index is -0.885. The molecule has 0 saturated heterocycles. The van der Waals surface area contributed by atoms with Crippen molar-refractivity contribution in [2.75, 3.05) is 0 Å². The molecule has 0 saturated carbocycles. The second-order valence-electron chi connectivity index (χ2n) is 9.99. The molecule has 0 unspecified atom stereocenters.